The molecule has 0 saturated heterocycles. The molecule has 2 heteroatoms. The van der Waals surface area contributed by atoms with E-state index in [-0.39, 0.29) is 17.0 Å². The Hall–Kier alpha value is 0.692. The van der Waals surface area contributed by atoms with Gasteiger partial charge in [-0.3, -0.25) is 0 Å². The van der Waals surface area contributed by atoms with Crippen LogP contribution in [-0.4, -0.2) is 0 Å². The van der Waals surface area contributed by atoms with Crippen LogP contribution in [-0.2, 0) is 17.0 Å². The summed E-state index contributed by atoms with van der Waals surface area (Å²) in [6.07, 6.45) is 0. The van der Waals surface area contributed by atoms with E-state index in [0.29, 0.717) is 0 Å². The van der Waals surface area contributed by atoms with E-state index in [1.807, 2.05) is 0 Å². The van der Waals surface area contributed by atoms with Gasteiger partial charge in [-0.2, -0.15) is 0 Å². The van der Waals surface area contributed by atoms with Crippen molar-refractivity contribution < 1.29 is 17.0 Å². The SMILES string of the molecule is C=[CH][Pd][Cl]. The Kier molecular flexibility index (Phi) is 4.33. The maximum atomic E-state index is 5.12. The summed E-state index contributed by atoms with van der Waals surface area (Å²) < 4.78 is 1.69. The fourth-order valence-corrected chi connectivity index (χ4v) is 0. The van der Waals surface area contributed by atoms with Gasteiger partial charge in [-0.1, -0.05) is 0 Å². The average Bonchev–Trinajstić information content (AvgIpc) is 1.37. The molecule has 0 fully saturated rings. The summed E-state index contributed by atoms with van der Waals surface area (Å²) in [7, 11) is 5.12. The molecule has 0 N–H and O–H groups in total. The summed E-state index contributed by atoms with van der Waals surface area (Å²) in [4.78, 5) is 0. The zero-order valence-corrected chi connectivity index (χ0v) is 4.29. The minimum atomic E-state index is 0.233. The van der Waals surface area contributed by atoms with Gasteiger partial charge in [0.25, 0.3) is 0 Å². The van der Waals surface area contributed by atoms with Crippen LogP contribution in [0.5, 0.6) is 0 Å². The Morgan fingerprint density at radius 1 is 2.00 bits per heavy atom. The quantitative estimate of drug-likeness (QED) is 0.520. The van der Waals surface area contributed by atoms with Crippen molar-refractivity contribution in [2.75, 3.05) is 0 Å². The van der Waals surface area contributed by atoms with Crippen molar-refractivity contribution in [1.82, 2.24) is 0 Å². The molecule has 0 unspecified atom stereocenters. The Labute approximate surface area is 38.0 Å². The van der Waals surface area contributed by atoms with E-state index in [1.165, 1.54) is 0 Å². The second kappa shape index (κ2) is 3.69. The van der Waals surface area contributed by atoms with E-state index in [1.54, 1.807) is 4.55 Å². The second-order valence-electron chi connectivity index (χ2n) is 0.198. The van der Waals surface area contributed by atoms with Gasteiger partial charge >= 0.3 is 37.6 Å². The Balaban J connectivity index is 2.30. The van der Waals surface area contributed by atoms with E-state index in [9.17, 15) is 0 Å². The molecule has 0 aromatic carbocycles. The van der Waals surface area contributed by atoms with E-state index in [4.69, 9.17) is 9.53 Å². The standard InChI is InChI=1S/C2H3.ClH.Pd/c1-2;;/h1H,2H2;1H;/q;;+1/p-1. The summed E-state index contributed by atoms with van der Waals surface area (Å²) in [5.41, 5.74) is 0. The molecule has 0 nitrogen and oxygen atoms in total. The third kappa shape index (κ3) is 2.69. The molecule has 0 bridgehead atoms. The van der Waals surface area contributed by atoms with Crippen molar-refractivity contribution in [3.05, 3.63) is 11.1 Å². The molecule has 0 heterocycles. The predicted octanol–water partition coefficient (Wildman–Crippen LogP) is 1.37. The molecule has 0 saturated carbocycles. The van der Waals surface area contributed by atoms with E-state index in [0.717, 1.165) is 0 Å². The van der Waals surface area contributed by atoms with Gasteiger partial charge in [-0.15, -0.1) is 0 Å². The Morgan fingerprint density at radius 2 is 2.25 bits per heavy atom. The summed E-state index contributed by atoms with van der Waals surface area (Å²) in [5, 5.41) is 0. The third-order valence-electron chi connectivity index (χ3n) is 0.0488. The van der Waals surface area contributed by atoms with Crippen LogP contribution in [0.1, 0.15) is 0 Å². The monoisotopic (exact) mass is 168 g/mol. The fraction of sp³-hybridized carbons (Fsp3) is 0. The van der Waals surface area contributed by atoms with Crippen molar-refractivity contribution in [2.45, 2.75) is 0 Å². The van der Waals surface area contributed by atoms with Crippen LogP contribution in [0.15, 0.2) is 11.1 Å². The van der Waals surface area contributed by atoms with Gasteiger partial charge in [-0.05, 0) is 0 Å². The number of hydrogen-bond acceptors (Lipinski definition) is 0. The van der Waals surface area contributed by atoms with Crippen LogP contribution in [0.25, 0.3) is 0 Å². The zero-order valence-electron chi connectivity index (χ0n) is 1.98. The van der Waals surface area contributed by atoms with Crippen LogP contribution in [0, 0.1) is 0 Å². The van der Waals surface area contributed by atoms with Gasteiger partial charge in [0.1, 0.15) is 0 Å². The maximum absolute atomic E-state index is 5.12. The average molecular weight is 169 g/mol. The van der Waals surface area contributed by atoms with Gasteiger partial charge in [0.05, 0.1) is 0 Å². The number of hydrogen-bond donors (Lipinski definition) is 0. The van der Waals surface area contributed by atoms with Crippen molar-refractivity contribution in [1.29, 1.82) is 0 Å². The summed E-state index contributed by atoms with van der Waals surface area (Å²) in [6, 6.07) is 0. The summed E-state index contributed by atoms with van der Waals surface area (Å²) >= 11 is 0.233. The molecule has 0 aliphatic carbocycles. The van der Waals surface area contributed by atoms with Crippen LogP contribution < -0.4 is 0 Å². The summed E-state index contributed by atoms with van der Waals surface area (Å²) in [6.45, 7) is 3.37. The van der Waals surface area contributed by atoms with Crippen LogP contribution in [0.2, 0.25) is 0 Å². The molecular formula is C2H3ClPd. The van der Waals surface area contributed by atoms with Gasteiger partial charge in [0, 0.05) is 0 Å². The molecule has 4 heavy (non-hydrogen) atoms. The first-order valence-electron chi connectivity index (χ1n) is 0.710. The van der Waals surface area contributed by atoms with Gasteiger partial charge in [-0.25, -0.2) is 0 Å². The molecule has 0 aromatic heterocycles. The van der Waals surface area contributed by atoms with E-state index >= 15 is 0 Å². The van der Waals surface area contributed by atoms with Crippen molar-refractivity contribution in [3.8, 4) is 0 Å². The molecule has 0 spiro atoms. The molecule has 0 rings (SSSR count). The molecule has 0 aliphatic heterocycles. The van der Waals surface area contributed by atoms with E-state index < -0.39 is 0 Å². The first-order valence-corrected chi connectivity index (χ1v) is 3.61. The second-order valence-corrected chi connectivity index (χ2v) is 1.99. The first-order chi connectivity index (χ1) is 1.91. The Bertz CT molecular complexity index is 20.0. The molecule has 0 aromatic rings. The molecule has 28 valence electrons. The number of halogens is 1. The van der Waals surface area contributed by atoms with Crippen LogP contribution in [0.3, 0.4) is 0 Å². The van der Waals surface area contributed by atoms with Gasteiger partial charge in [0.15, 0.2) is 0 Å². The predicted molar refractivity (Wildman–Crippen MR) is 16.1 cm³/mol. The summed E-state index contributed by atoms with van der Waals surface area (Å²) in [5.74, 6) is 0. The van der Waals surface area contributed by atoms with Crippen molar-refractivity contribution in [2.24, 2.45) is 0 Å². The molecule has 0 atom stereocenters. The third-order valence-corrected chi connectivity index (χ3v) is 0.866. The van der Waals surface area contributed by atoms with Crippen molar-refractivity contribution >= 4 is 9.53 Å². The normalized spacial score (nSPS) is 7.25. The van der Waals surface area contributed by atoms with Crippen LogP contribution >= 0.6 is 9.53 Å². The van der Waals surface area contributed by atoms with Crippen LogP contribution in [0.4, 0.5) is 0 Å². The molecule has 0 radical (unpaired) electrons. The fourth-order valence-electron chi connectivity index (χ4n) is 0. The van der Waals surface area contributed by atoms with Gasteiger partial charge < -0.3 is 0 Å². The topological polar surface area (TPSA) is 0 Å². The molecule has 0 aliphatic rings. The van der Waals surface area contributed by atoms with Gasteiger partial charge in [0.2, 0.25) is 0 Å². The van der Waals surface area contributed by atoms with Crippen molar-refractivity contribution in [3.63, 3.8) is 0 Å². The number of rotatable bonds is 1. The minimum absolute atomic E-state index is 0.233. The molecule has 0 amide bonds. The van der Waals surface area contributed by atoms with E-state index in [2.05, 4.69) is 6.58 Å². The first kappa shape index (κ1) is 4.69. The Morgan fingerprint density at radius 3 is 2.25 bits per heavy atom. The molecular weight excluding hydrogens is 166 g/mol. The zero-order chi connectivity index (χ0) is 3.41.